The van der Waals surface area contributed by atoms with Gasteiger partial charge in [-0.3, -0.25) is 0 Å². The van der Waals surface area contributed by atoms with Gasteiger partial charge in [0.05, 0.1) is 0 Å². The Morgan fingerprint density at radius 2 is 1.41 bits per heavy atom. The summed E-state index contributed by atoms with van der Waals surface area (Å²) in [5.41, 5.74) is 1.08. The van der Waals surface area contributed by atoms with Gasteiger partial charge in [0, 0.05) is 0 Å². The van der Waals surface area contributed by atoms with Gasteiger partial charge in [-0.1, -0.05) is 0 Å². The Balaban J connectivity index is -0.000000139. The molecule has 0 saturated heterocycles. The zero-order chi connectivity index (χ0) is 22.5. The van der Waals surface area contributed by atoms with Crippen LogP contribution in [0.1, 0.15) is 32.3 Å². The van der Waals surface area contributed by atoms with Gasteiger partial charge in [0.25, 0.3) is 0 Å². The third-order valence-electron chi connectivity index (χ3n) is 2.40. The molecule has 0 fully saturated rings. The van der Waals surface area contributed by atoms with Crippen LogP contribution in [0.15, 0.2) is 30.3 Å². The van der Waals surface area contributed by atoms with E-state index in [0.29, 0.717) is 5.92 Å². The molecule has 1 aromatic rings. The van der Waals surface area contributed by atoms with Crippen LogP contribution in [-0.4, -0.2) is 11.2 Å². The van der Waals surface area contributed by atoms with E-state index in [1.807, 2.05) is 37.3 Å². The molecule has 0 bridgehead atoms. The Hall–Kier alpha value is -2.16. The predicted octanol–water partition coefficient (Wildman–Crippen LogP) is 2.98. The first-order valence-electron chi connectivity index (χ1n) is 6.96. The fourth-order valence-electron chi connectivity index (χ4n) is 1.38. The van der Waals surface area contributed by atoms with Crippen LogP contribution >= 0.6 is 0 Å². The van der Waals surface area contributed by atoms with E-state index in [-0.39, 0.29) is 0 Å². The zero-order valence-electron chi connectivity index (χ0n) is 14.9. The standard InChI is InChI=1S/C15H18O.5CO.Cr/c1-3-16-13-14(2)9-7-8-12-15-10-5-4-6-11-15;5*1-2;/h4-6,10-11,14H,3,7,9H2,1-2H3;;;;;;. The van der Waals surface area contributed by atoms with Crippen LogP contribution in [0, 0.1) is 51.0 Å². The van der Waals surface area contributed by atoms with Crippen LogP contribution in [-0.2, 0) is 43.8 Å². The molecule has 27 heavy (non-hydrogen) atoms. The SMILES string of the molecule is CCO[C](=[Cr])C(C)CCC#Cc1ccccc1.[C-]#[O+].[C-]#[O+].[C-]#[O+].[C-]#[O+].[C-]#[O+]. The van der Waals surface area contributed by atoms with Crippen molar-refractivity contribution in [2.75, 3.05) is 6.61 Å². The summed E-state index contributed by atoms with van der Waals surface area (Å²) in [6, 6.07) is 10.1. The summed E-state index contributed by atoms with van der Waals surface area (Å²) in [5.74, 6) is 6.79. The van der Waals surface area contributed by atoms with Gasteiger partial charge < -0.3 is 0 Å². The van der Waals surface area contributed by atoms with Crippen molar-refractivity contribution < 1.29 is 43.8 Å². The molecule has 0 aliphatic rings. The first-order valence-corrected chi connectivity index (χ1v) is 7.60. The van der Waals surface area contributed by atoms with E-state index in [2.05, 4.69) is 67.9 Å². The maximum atomic E-state index is 7.50. The first kappa shape index (κ1) is 35.9. The van der Waals surface area contributed by atoms with E-state index in [0.717, 1.165) is 29.6 Å². The number of hydrogen-bond donors (Lipinski definition) is 0. The van der Waals surface area contributed by atoms with Crippen molar-refractivity contribution in [1.29, 1.82) is 0 Å². The third kappa shape index (κ3) is 28.9. The molecule has 1 aromatic carbocycles. The molecule has 1 rings (SSSR count). The van der Waals surface area contributed by atoms with E-state index in [1.54, 1.807) is 0 Å². The zero-order valence-corrected chi connectivity index (χ0v) is 16.2. The number of ether oxygens (including phenoxy) is 1. The topological polar surface area (TPSA) is 109 Å². The molecule has 6 nitrogen and oxygen atoms in total. The Kier molecular flexibility index (Phi) is 51.9. The van der Waals surface area contributed by atoms with Crippen molar-refractivity contribution in [1.82, 2.24) is 0 Å². The molecule has 0 saturated carbocycles. The van der Waals surface area contributed by atoms with Crippen molar-refractivity contribution >= 4 is 4.57 Å². The van der Waals surface area contributed by atoms with E-state index in [4.69, 9.17) is 28.0 Å². The van der Waals surface area contributed by atoms with Crippen molar-refractivity contribution in [2.24, 2.45) is 5.92 Å². The normalized spacial score (nSPS) is 7.56. The minimum atomic E-state index is 0.431. The fraction of sp³-hybridized carbons (Fsp3) is 0.300. The summed E-state index contributed by atoms with van der Waals surface area (Å²) in [7, 11) is 0. The molecule has 0 aromatic heterocycles. The number of hydrogen-bond acceptors (Lipinski definition) is 1. The van der Waals surface area contributed by atoms with Crippen LogP contribution < -0.4 is 0 Å². The van der Waals surface area contributed by atoms with Crippen LogP contribution in [0.3, 0.4) is 0 Å². The van der Waals surface area contributed by atoms with E-state index >= 15 is 0 Å². The first-order chi connectivity index (χ1) is 13.2. The molecule has 140 valence electrons. The van der Waals surface area contributed by atoms with Gasteiger partial charge in [-0.15, -0.1) is 0 Å². The van der Waals surface area contributed by atoms with Crippen LogP contribution in [0.2, 0.25) is 0 Å². The Labute approximate surface area is 168 Å². The minimum absolute atomic E-state index is 0.431. The second kappa shape index (κ2) is 39.1. The summed E-state index contributed by atoms with van der Waals surface area (Å²) in [5, 5.41) is 0. The van der Waals surface area contributed by atoms with Crippen LogP contribution in [0.25, 0.3) is 0 Å². The Bertz CT molecular complexity index is 568. The van der Waals surface area contributed by atoms with Gasteiger partial charge in [-0.2, -0.15) is 0 Å². The third-order valence-corrected chi connectivity index (χ3v) is 3.21. The molecule has 1 unspecified atom stereocenters. The molecule has 0 spiro atoms. The molecule has 0 aliphatic heterocycles. The average Bonchev–Trinajstić information content (AvgIpc) is 2.79. The van der Waals surface area contributed by atoms with E-state index < -0.39 is 0 Å². The van der Waals surface area contributed by atoms with Gasteiger partial charge in [0.1, 0.15) is 0 Å². The molecule has 0 heterocycles. The molecule has 7 heteroatoms. The average molecular weight is 406 g/mol. The summed E-state index contributed by atoms with van der Waals surface area (Å²) >= 11 is 2.98. The van der Waals surface area contributed by atoms with Crippen LogP contribution in [0.5, 0.6) is 0 Å². The second-order valence-electron chi connectivity index (χ2n) is 3.86. The second-order valence-corrected chi connectivity index (χ2v) is 4.49. The molecular weight excluding hydrogens is 388 g/mol. The molecule has 0 N–H and O–H groups in total. The Morgan fingerprint density at radius 1 is 0.963 bits per heavy atom. The summed E-state index contributed by atoms with van der Waals surface area (Å²) in [6.07, 6.45) is 1.93. The summed E-state index contributed by atoms with van der Waals surface area (Å²) in [4.78, 5) is 0. The summed E-state index contributed by atoms with van der Waals surface area (Å²) in [6.45, 7) is 27.4. The van der Waals surface area contributed by atoms with Crippen molar-refractivity contribution in [3.05, 3.63) is 69.1 Å². The van der Waals surface area contributed by atoms with Crippen molar-refractivity contribution in [2.45, 2.75) is 26.7 Å². The molecule has 0 amide bonds. The van der Waals surface area contributed by atoms with Crippen molar-refractivity contribution in [3.8, 4) is 11.8 Å². The van der Waals surface area contributed by atoms with Crippen LogP contribution in [0.4, 0.5) is 0 Å². The fourth-order valence-corrected chi connectivity index (χ4v) is 1.75. The van der Waals surface area contributed by atoms with Gasteiger partial charge in [-0.05, 0) is 0 Å². The van der Waals surface area contributed by atoms with Gasteiger partial charge in [-0.25, -0.2) is 0 Å². The van der Waals surface area contributed by atoms with Gasteiger partial charge in [0.2, 0.25) is 0 Å². The maximum absolute atomic E-state index is 7.50. The monoisotopic (exact) mass is 406 g/mol. The molecular formula is C20H18CrO6. The molecule has 0 radical (unpaired) electrons. The number of benzene rings is 1. The van der Waals surface area contributed by atoms with Crippen molar-refractivity contribution in [3.63, 3.8) is 0 Å². The molecule has 1 atom stereocenters. The van der Waals surface area contributed by atoms with E-state index in [1.165, 1.54) is 0 Å². The van der Waals surface area contributed by atoms with E-state index in [9.17, 15) is 0 Å². The Morgan fingerprint density at radius 3 is 1.81 bits per heavy atom. The van der Waals surface area contributed by atoms with Gasteiger partial charge in [0.15, 0.2) is 0 Å². The van der Waals surface area contributed by atoms with Gasteiger partial charge >= 0.3 is 169 Å². The number of rotatable bonds is 5. The molecule has 0 aliphatic carbocycles. The quantitative estimate of drug-likeness (QED) is 0.418. The summed E-state index contributed by atoms with van der Waals surface area (Å²) < 4.78 is 43.9. The predicted molar refractivity (Wildman–Crippen MR) is 88.0 cm³/mol.